The molecular formula is C17H17ClF3N3O4S. The number of nitrogens with zero attached hydrogens (tertiary/aromatic N) is 1. The van der Waals surface area contributed by atoms with Gasteiger partial charge in [0.1, 0.15) is 0 Å². The smallest absolute Gasteiger partial charge is 0.422 e. The number of halogens is 4. The molecule has 0 atom stereocenters. The number of carbonyl (C=O) groups excluding carboxylic acids is 1. The van der Waals surface area contributed by atoms with Gasteiger partial charge in [0, 0.05) is 36.3 Å². The maximum atomic E-state index is 12.3. The number of pyridine rings is 1. The first-order chi connectivity index (χ1) is 13.6. The molecule has 0 radical (unpaired) electrons. The summed E-state index contributed by atoms with van der Waals surface area (Å²) < 4.78 is 68.0. The van der Waals surface area contributed by atoms with Crippen molar-refractivity contribution >= 4 is 27.5 Å². The normalized spacial score (nSPS) is 11.9. The van der Waals surface area contributed by atoms with E-state index in [-0.39, 0.29) is 40.9 Å². The quantitative estimate of drug-likeness (QED) is 0.611. The molecule has 0 aliphatic heterocycles. The minimum atomic E-state index is -4.52. The summed E-state index contributed by atoms with van der Waals surface area (Å²) in [5.74, 6) is -0.754. The monoisotopic (exact) mass is 451 g/mol. The number of benzene rings is 1. The van der Waals surface area contributed by atoms with Crippen LogP contribution in [0.2, 0.25) is 5.02 Å². The summed E-state index contributed by atoms with van der Waals surface area (Å²) in [5.41, 5.74) is 0.254. The van der Waals surface area contributed by atoms with Crippen molar-refractivity contribution in [3.8, 4) is 5.88 Å². The number of nitrogens with one attached hydrogen (secondary N) is 2. The number of hydrogen-bond donors (Lipinski definition) is 2. The molecule has 0 aliphatic carbocycles. The number of aromatic nitrogens is 1. The molecule has 1 heterocycles. The molecule has 0 spiro atoms. The van der Waals surface area contributed by atoms with Crippen LogP contribution < -0.4 is 14.8 Å². The van der Waals surface area contributed by atoms with E-state index >= 15 is 0 Å². The third-order valence-electron chi connectivity index (χ3n) is 3.45. The number of rotatable bonds is 9. The van der Waals surface area contributed by atoms with Crippen molar-refractivity contribution < 1.29 is 31.1 Å². The molecule has 1 aromatic heterocycles. The van der Waals surface area contributed by atoms with Gasteiger partial charge in [-0.15, -0.1) is 0 Å². The molecule has 2 rings (SSSR count). The van der Waals surface area contributed by atoms with Crippen molar-refractivity contribution in [1.29, 1.82) is 0 Å². The Hall–Kier alpha value is -2.37. The van der Waals surface area contributed by atoms with Crippen molar-refractivity contribution in [2.24, 2.45) is 0 Å². The first-order valence-electron chi connectivity index (χ1n) is 8.22. The molecule has 7 nitrogen and oxygen atoms in total. The fourth-order valence-corrected chi connectivity index (χ4v) is 3.47. The minimum absolute atomic E-state index is 0.0350. The third kappa shape index (κ3) is 7.87. The van der Waals surface area contributed by atoms with Gasteiger partial charge in [-0.05, 0) is 24.3 Å². The average molecular weight is 452 g/mol. The van der Waals surface area contributed by atoms with Crippen molar-refractivity contribution in [3.63, 3.8) is 0 Å². The standard InChI is InChI=1S/C17H17ClF3N3O4S/c18-13-4-1-5-14(9-13)29(26,27)24-8-6-15(25)23-10-12-3-2-7-22-16(12)28-11-17(19,20)21/h1-5,7,9,24H,6,8,10-11H2,(H,23,25). The largest absolute Gasteiger partial charge is 0.468 e. The van der Waals surface area contributed by atoms with Crippen LogP contribution in [-0.2, 0) is 21.4 Å². The van der Waals surface area contributed by atoms with Gasteiger partial charge < -0.3 is 10.1 Å². The molecular weight excluding hydrogens is 435 g/mol. The number of sulfonamides is 1. The van der Waals surface area contributed by atoms with E-state index in [2.05, 4.69) is 19.8 Å². The van der Waals surface area contributed by atoms with Crippen LogP contribution >= 0.6 is 11.6 Å². The van der Waals surface area contributed by atoms with Crippen LogP contribution in [0.15, 0.2) is 47.5 Å². The molecule has 1 amide bonds. The van der Waals surface area contributed by atoms with E-state index < -0.39 is 28.7 Å². The summed E-state index contributed by atoms with van der Waals surface area (Å²) in [5, 5.41) is 2.73. The van der Waals surface area contributed by atoms with Crippen LogP contribution in [0, 0.1) is 0 Å². The summed E-state index contributed by atoms with van der Waals surface area (Å²) in [6, 6.07) is 8.59. The van der Waals surface area contributed by atoms with Crippen LogP contribution in [-0.4, -0.2) is 38.6 Å². The third-order valence-corrected chi connectivity index (χ3v) is 5.14. The molecule has 2 N–H and O–H groups in total. The average Bonchev–Trinajstić information content (AvgIpc) is 2.64. The Balaban J connectivity index is 1.83. The zero-order chi connectivity index (χ0) is 21.5. The van der Waals surface area contributed by atoms with Gasteiger partial charge in [-0.3, -0.25) is 4.79 Å². The molecule has 0 bridgehead atoms. The summed E-state index contributed by atoms with van der Waals surface area (Å²) in [7, 11) is -3.82. The summed E-state index contributed by atoms with van der Waals surface area (Å²) in [6.45, 7) is -1.80. The predicted octanol–water partition coefficient (Wildman–Crippen LogP) is 2.66. The lowest BCUT2D eigenvalue weighted by molar-refractivity contribution is -0.154. The Bertz CT molecular complexity index is 955. The number of ether oxygens (including phenoxy) is 1. The van der Waals surface area contributed by atoms with Gasteiger partial charge in [-0.1, -0.05) is 23.7 Å². The van der Waals surface area contributed by atoms with Gasteiger partial charge in [0.25, 0.3) is 0 Å². The van der Waals surface area contributed by atoms with Gasteiger partial charge >= 0.3 is 6.18 Å². The van der Waals surface area contributed by atoms with E-state index in [1.54, 1.807) is 0 Å². The lowest BCUT2D eigenvalue weighted by atomic mass is 10.2. The van der Waals surface area contributed by atoms with Crippen molar-refractivity contribution in [1.82, 2.24) is 15.0 Å². The van der Waals surface area contributed by atoms with Crippen molar-refractivity contribution in [2.75, 3.05) is 13.2 Å². The first-order valence-corrected chi connectivity index (χ1v) is 10.1. The Morgan fingerprint density at radius 3 is 2.66 bits per heavy atom. The van der Waals surface area contributed by atoms with Crippen molar-refractivity contribution in [2.45, 2.75) is 24.0 Å². The number of hydrogen-bond acceptors (Lipinski definition) is 5. The highest BCUT2D eigenvalue weighted by atomic mass is 35.5. The SMILES string of the molecule is O=C(CCNS(=O)(=O)c1cccc(Cl)c1)NCc1cccnc1OCC(F)(F)F. The summed E-state index contributed by atoms with van der Waals surface area (Å²) >= 11 is 5.76. The van der Waals surface area contributed by atoms with Crippen LogP contribution in [0.4, 0.5) is 13.2 Å². The molecule has 29 heavy (non-hydrogen) atoms. The predicted molar refractivity (Wildman–Crippen MR) is 98.9 cm³/mol. The zero-order valence-corrected chi connectivity index (χ0v) is 16.4. The van der Waals surface area contributed by atoms with Gasteiger partial charge in [0.05, 0.1) is 4.90 Å². The van der Waals surface area contributed by atoms with E-state index in [1.807, 2.05) is 0 Å². The van der Waals surface area contributed by atoms with Crippen LogP contribution in [0.3, 0.4) is 0 Å². The molecule has 12 heteroatoms. The van der Waals surface area contributed by atoms with E-state index in [9.17, 15) is 26.4 Å². The Morgan fingerprint density at radius 2 is 1.97 bits per heavy atom. The number of alkyl halides is 3. The maximum absolute atomic E-state index is 12.3. The van der Waals surface area contributed by atoms with Gasteiger partial charge in [-0.2, -0.15) is 13.2 Å². The summed E-state index contributed by atoms with van der Waals surface area (Å²) in [4.78, 5) is 15.6. The molecule has 0 aliphatic rings. The molecule has 0 saturated carbocycles. The highest BCUT2D eigenvalue weighted by molar-refractivity contribution is 7.89. The fraction of sp³-hybridized carbons (Fsp3) is 0.294. The minimum Gasteiger partial charge on any atom is -0.468 e. The van der Waals surface area contributed by atoms with E-state index in [0.29, 0.717) is 0 Å². The second kappa shape index (κ2) is 9.90. The molecule has 0 fully saturated rings. The van der Waals surface area contributed by atoms with E-state index in [1.165, 1.54) is 42.6 Å². The molecule has 0 saturated heterocycles. The topological polar surface area (TPSA) is 97.4 Å². The van der Waals surface area contributed by atoms with Crippen LogP contribution in [0.25, 0.3) is 0 Å². The Labute approximate surface area is 170 Å². The number of amides is 1. The maximum Gasteiger partial charge on any atom is 0.422 e. The Kier molecular flexibility index (Phi) is 7.82. The van der Waals surface area contributed by atoms with Gasteiger partial charge in [0.15, 0.2) is 6.61 Å². The molecule has 0 unspecified atom stereocenters. The highest BCUT2D eigenvalue weighted by Gasteiger charge is 2.29. The van der Waals surface area contributed by atoms with E-state index in [0.717, 1.165) is 0 Å². The first kappa shape index (κ1) is 22.9. The van der Waals surface area contributed by atoms with Crippen LogP contribution in [0.1, 0.15) is 12.0 Å². The second-order valence-corrected chi connectivity index (χ2v) is 7.96. The molecule has 2 aromatic rings. The van der Waals surface area contributed by atoms with Gasteiger partial charge in [0.2, 0.25) is 21.8 Å². The van der Waals surface area contributed by atoms with E-state index in [4.69, 9.17) is 11.6 Å². The molecule has 158 valence electrons. The Morgan fingerprint density at radius 1 is 1.21 bits per heavy atom. The number of carbonyl (C=O) groups is 1. The molecule has 1 aromatic carbocycles. The van der Waals surface area contributed by atoms with Gasteiger partial charge in [-0.25, -0.2) is 18.1 Å². The van der Waals surface area contributed by atoms with Crippen molar-refractivity contribution in [3.05, 3.63) is 53.2 Å². The summed E-state index contributed by atoms with van der Waals surface area (Å²) in [6.07, 6.45) is -3.43. The zero-order valence-electron chi connectivity index (χ0n) is 14.9. The lowest BCUT2D eigenvalue weighted by Gasteiger charge is -2.12. The lowest BCUT2D eigenvalue weighted by Crippen LogP contribution is -2.30. The highest BCUT2D eigenvalue weighted by Crippen LogP contribution is 2.20. The fourth-order valence-electron chi connectivity index (χ4n) is 2.14. The van der Waals surface area contributed by atoms with Crippen LogP contribution in [0.5, 0.6) is 5.88 Å². The second-order valence-electron chi connectivity index (χ2n) is 5.75.